The molecule has 7 nitrogen and oxygen atoms in total. The van der Waals surface area contributed by atoms with E-state index in [0.717, 1.165) is 72.1 Å². The van der Waals surface area contributed by atoms with E-state index in [1.54, 1.807) is 12.1 Å². The van der Waals surface area contributed by atoms with Gasteiger partial charge in [0.25, 0.3) is 0 Å². The number of nitrogens with zero attached hydrogens (tertiary/aromatic N) is 4. The molecule has 3 fully saturated rings. The smallest absolute Gasteiger partial charge is 0.232 e. The van der Waals surface area contributed by atoms with Crippen LogP contribution in [0.2, 0.25) is 0 Å². The highest BCUT2D eigenvalue weighted by molar-refractivity contribution is 6.00. The Morgan fingerprint density at radius 1 is 1.15 bits per heavy atom. The summed E-state index contributed by atoms with van der Waals surface area (Å²) in [6.45, 7) is 2.92. The zero-order valence-electron chi connectivity index (χ0n) is 23.7. The van der Waals surface area contributed by atoms with Gasteiger partial charge in [0.1, 0.15) is 24.0 Å². The minimum Gasteiger partial charge on any atom is -0.508 e. The number of likely N-dealkylation sites (N-methyl/N-ethyl adjacent to an activating group) is 1. The lowest BCUT2D eigenvalue weighted by atomic mass is 9.83. The molecule has 3 atom stereocenters. The van der Waals surface area contributed by atoms with Crippen LogP contribution in [0.3, 0.4) is 0 Å². The first-order chi connectivity index (χ1) is 20.0. The number of nitrogens with one attached hydrogen (secondary N) is 1. The quantitative estimate of drug-likeness (QED) is 0.443. The third kappa shape index (κ3) is 4.68. The van der Waals surface area contributed by atoms with Gasteiger partial charge in [-0.2, -0.15) is 5.26 Å². The van der Waals surface area contributed by atoms with E-state index >= 15 is 0 Å². The number of aromatic nitrogens is 1. The Labute approximate surface area is 242 Å². The summed E-state index contributed by atoms with van der Waals surface area (Å²) >= 11 is 0. The molecule has 41 heavy (non-hydrogen) atoms. The topological polar surface area (TPSA) is 84.7 Å². The van der Waals surface area contributed by atoms with E-state index in [4.69, 9.17) is 16.1 Å². The number of rotatable bonds is 5. The van der Waals surface area contributed by atoms with E-state index in [-0.39, 0.29) is 5.75 Å². The second kappa shape index (κ2) is 10.6. The number of terminal acetylenes is 1. The highest BCUT2D eigenvalue weighted by atomic mass is 16.5. The predicted molar refractivity (Wildman–Crippen MR) is 160 cm³/mol. The van der Waals surface area contributed by atoms with Crippen molar-refractivity contribution < 1.29 is 9.84 Å². The zero-order valence-corrected chi connectivity index (χ0v) is 23.7. The third-order valence-corrected chi connectivity index (χ3v) is 9.88. The number of likely N-dealkylation sites (tertiary alicyclic amines) is 1. The maximum Gasteiger partial charge on any atom is 0.232 e. The van der Waals surface area contributed by atoms with Crippen LogP contribution in [0, 0.1) is 23.7 Å². The molecule has 4 aliphatic heterocycles. The van der Waals surface area contributed by atoms with Crippen LogP contribution < -0.4 is 15.0 Å². The first-order valence-corrected chi connectivity index (χ1v) is 15.0. The molecule has 2 bridgehead atoms. The lowest BCUT2D eigenvalue weighted by molar-refractivity contribution is 0.192. The van der Waals surface area contributed by atoms with Gasteiger partial charge in [-0.1, -0.05) is 18.1 Å². The number of hydrogen-bond acceptors (Lipinski definition) is 7. The Morgan fingerprint density at radius 3 is 2.71 bits per heavy atom. The number of pyridine rings is 1. The molecule has 2 N–H and O–H groups in total. The summed E-state index contributed by atoms with van der Waals surface area (Å²) < 4.78 is 6.44. The van der Waals surface area contributed by atoms with Gasteiger partial charge in [0.2, 0.25) is 5.88 Å². The van der Waals surface area contributed by atoms with Gasteiger partial charge in [0.05, 0.1) is 5.69 Å². The molecule has 210 valence electrons. The first-order valence-electron chi connectivity index (χ1n) is 15.0. The Kier molecular flexibility index (Phi) is 6.73. The summed E-state index contributed by atoms with van der Waals surface area (Å²) in [7, 11) is 2.14. The van der Waals surface area contributed by atoms with Gasteiger partial charge in [-0.05, 0) is 87.2 Å². The molecule has 2 unspecified atom stereocenters. The molecular formula is C34H37N5O2. The average molecular weight is 548 g/mol. The number of benzene rings is 2. The molecule has 7 rings (SSSR count). The maximum atomic E-state index is 10.6. The lowest BCUT2D eigenvalue weighted by Gasteiger charge is -2.36. The summed E-state index contributed by atoms with van der Waals surface area (Å²) in [6, 6.07) is 13.3. The first kappa shape index (κ1) is 26.1. The van der Waals surface area contributed by atoms with E-state index in [2.05, 4.69) is 34.2 Å². The van der Waals surface area contributed by atoms with Gasteiger partial charge in [0.15, 0.2) is 0 Å². The van der Waals surface area contributed by atoms with Crippen molar-refractivity contribution in [3.8, 4) is 30.0 Å². The SMILES string of the molecule is C#Cc1cccc2cc(O)cc(N3CCc4c(C5CC6CCC(C5)N6)nc(OC[C@@H]5CCCN5C)c(C#N)c4C3)c12. The van der Waals surface area contributed by atoms with Crippen molar-refractivity contribution in [3.63, 3.8) is 0 Å². The summed E-state index contributed by atoms with van der Waals surface area (Å²) in [6.07, 6.45) is 13.6. The Hall–Kier alpha value is -3.78. The number of nitriles is 1. The zero-order chi connectivity index (χ0) is 28.1. The van der Waals surface area contributed by atoms with Crippen molar-refractivity contribution in [1.29, 1.82) is 5.26 Å². The molecule has 0 radical (unpaired) electrons. The molecule has 7 heteroatoms. The van der Waals surface area contributed by atoms with Gasteiger partial charge in [-0.15, -0.1) is 6.42 Å². The molecule has 0 amide bonds. The summed E-state index contributed by atoms with van der Waals surface area (Å²) in [5.74, 6) is 3.89. The molecule has 1 aromatic heterocycles. The number of phenolic OH excluding ortho intramolecular Hbond substituents is 1. The van der Waals surface area contributed by atoms with Crippen molar-refractivity contribution in [2.24, 2.45) is 0 Å². The lowest BCUT2D eigenvalue weighted by Crippen LogP contribution is -2.39. The van der Waals surface area contributed by atoms with Crippen LogP contribution in [0.4, 0.5) is 5.69 Å². The number of anilines is 1. The van der Waals surface area contributed by atoms with Crippen molar-refractivity contribution in [1.82, 2.24) is 15.2 Å². The largest absolute Gasteiger partial charge is 0.508 e. The predicted octanol–water partition coefficient (Wildman–Crippen LogP) is 4.83. The monoisotopic (exact) mass is 547 g/mol. The van der Waals surface area contributed by atoms with E-state index in [0.29, 0.717) is 48.6 Å². The maximum absolute atomic E-state index is 10.6. The van der Waals surface area contributed by atoms with E-state index in [1.807, 2.05) is 18.2 Å². The number of piperidine rings is 1. The fourth-order valence-electron chi connectivity index (χ4n) is 7.81. The Bertz CT molecular complexity index is 1570. The molecular weight excluding hydrogens is 510 g/mol. The summed E-state index contributed by atoms with van der Waals surface area (Å²) in [5, 5.41) is 26.8. The standard InChI is InChI=1S/C34H37N5O2/c1-3-21-6-4-7-22-16-27(40)17-31(32(21)22)39-13-11-28-30(19-39)29(18-35)34(41-20-26-8-5-12-38(26)2)37-33(28)23-14-24-9-10-25(15-23)36-24/h1,4,6-7,16-17,23-26,36,40H,5,8-15,19-20H2,2H3/t23?,24?,25?,26-/m0/s1. The van der Waals surface area contributed by atoms with Gasteiger partial charge in [0, 0.05) is 59.8 Å². The fraction of sp³-hybridized carbons (Fsp3) is 0.471. The molecule has 2 aromatic carbocycles. The summed E-state index contributed by atoms with van der Waals surface area (Å²) in [5.41, 5.74) is 5.62. The minimum absolute atomic E-state index is 0.207. The highest BCUT2D eigenvalue weighted by Gasteiger charge is 2.38. The third-order valence-electron chi connectivity index (χ3n) is 9.88. The highest BCUT2D eigenvalue weighted by Crippen LogP contribution is 2.43. The van der Waals surface area contributed by atoms with Gasteiger partial charge in [-0.25, -0.2) is 4.98 Å². The second-order valence-electron chi connectivity index (χ2n) is 12.3. The van der Waals surface area contributed by atoms with Crippen LogP contribution in [0.5, 0.6) is 11.6 Å². The molecule has 0 spiro atoms. The molecule has 3 aromatic rings. The van der Waals surface area contributed by atoms with Gasteiger partial charge < -0.3 is 25.0 Å². The molecule has 0 aliphatic carbocycles. The van der Waals surface area contributed by atoms with Crippen LogP contribution in [-0.2, 0) is 13.0 Å². The average Bonchev–Trinajstić information content (AvgIpc) is 3.56. The number of ether oxygens (including phenoxy) is 1. The van der Waals surface area contributed by atoms with Crippen molar-refractivity contribution in [3.05, 3.63) is 58.3 Å². The van der Waals surface area contributed by atoms with Crippen LogP contribution in [0.25, 0.3) is 10.8 Å². The van der Waals surface area contributed by atoms with Crippen LogP contribution >= 0.6 is 0 Å². The number of aromatic hydroxyl groups is 1. The minimum atomic E-state index is 0.207. The van der Waals surface area contributed by atoms with Crippen LogP contribution in [0.15, 0.2) is 30.3 Å². The van der Waals surface area contributed by atoms with Gasteiger partial charge in [-0.3, -0.25) is 0 Å². The second-order valence-corrected chi connectivity index (χ2v) is 12.3. The summed E-state index contributed by atoms with van der Waals surface area (Å²) in [4.78, 5) is 9.78. The molecule has 0 saturated carbocycles. The molecule has 5 heterocycles. The van der Waals surface area contributed by atoms with E-state index < -0.39 is 0 Å². The fourth-order valence-corrected chi connectivity index (χ4v) is 7.81. The number of phenols is 1. The molecule has 4 aliphatic rings. The molecule has 3 saturated heterocycles. The normalized spacial score (nSPS) is 25.6. The van der Waals surface area contributed by atoms with Crippen LogP contribution in [0.1, 0.15) is 72.4 Å². The number of fused-ring (bicyclic) bond motifs is 4. The van der Waals surface area contributed by atoms with Crippen molar-refractivity contribution >= 4 is 16.5 Å². The van der Waals surface area contributed by atoms with E-state index in [1.165, 1.54) is 24.8 Å². The van der Waals surface area contributed by atoms with E-state index in [9.17, 15) is 10.4 Å². The van der Waals surface area contributed by atoms with Crippen molar-refractivity contribution in [2.75, 3.05) is 31.6 Å². The van der Waals surface area contributed by atoms with Crippen LogP contribution in [-0.4, -0.2) is 59.9 Å². The Balaban J connectivity index is 1.31. The van der Waals surface area contributed by atoms with Gasteiger partial charge >= 0.3 is 0 Å². The van der Waals surface area contributed by atoms with Crippen molar-refractivity contribution in [2.45, 2.75) is 75.5 Å². The number of hydrogen-bond donors (Lipinski definition) is 2. The Morgan fingerprint density at radius 2 is 1.98 bits per heavy atom.